The van der Waals surface area contributed by atoms with Crippen LogP contribution in [0.25, 0.3) is 0 Å². The fourth-order valence-corrected chi connectivity index (χ4v) is 3.40. The number of rotatable bonds is 3. The van der Waals surface area contributed by atoms with E-state index < -0.39 is 0 Å². The Morgan fingerprint density at radius 2 is 2.23 bits per heavy atom. The second-order valence-corrected chi connectivity index (χ2v) is 6.21. The van der Waals surface area contributed by atoms with Crippen LogP contribution in [0.1, 0.15) is 30.1 Å². The van der Waals surface area contributed by atoms with E-state index in [1.165, 1.54) is 6.07 Å². The highest BCUT2D eigenvalue weighted by molar-refractivity contribution is 5.83. The van der Waals surface area contributed by atoms with Crippen LogP contribution in [-0.4, -0.2) is 21.5 Å². The third-order valence-corrected chi connectivity index (χ3v) is 4.71. The zero-order valence-electron chi connectivity index (χ0n) is 12.2. The molecule has 1 fully saturated rings. The van der Waals surface area contributed by atoms with Crippen molar-refractivity contribution in [1.82, 2.24) is 14.9 Å². The number of nitrogens with one attached hydrogen (secondary N) is 1. The third kappa shape index (κ3) is 2.40. The second kappa shape index (κ2) is 5.23. The first kappa shape index (κ1) is 13.5. The normalized spacial score (nSPS) is 26.3. The molecule has 0 bridgehead atoms. The molecule has 1 N–H and O–H groups in total. The molecule has 0 unspecified atom stereocenters. The lowest BCUT2D eigenvalue weighted by atomic mass is 10.1. The monoisotopic (exact) mass is 299 g/mol. The Morgan fingerprint density at radius 1 is 1.36 bits per heavy atom. The highest BCUT2D eigenvalue weighted by Gasteiger charge is 2.45. The number of aryl methyl sites for hydroxylation is 1. The van der Waals surface area contributed by atoms with E-state index in [0.717, 1.165) is 31.6 Å². The molecule has 4 nitrogen and oxygen atoms in total. The molecule has 114 valence electrons. The van der Waals surface area contributed by atoms with E-state index in [1.807, 2.05) is 12.3 Å². The summed E-state index contributed by atoms with van der Waals surface area (Å²) in [6, 6.07) is 6.90. The van der Waals surface area contributed by atoms with E-state index in [2.05, 4.69) is 14.9 Å². The van der Waals surface area contributed by atoms with Crippen molar-refractivity contribution >= 4 is 5.91 Å². The summed E-state index contributed by atoms with van der Waals surface area (Å²) in [5, 5.41) is 3.12. The van der Waals surface area contributed by atoms with E-state index in [9.17, 15) is 9.18 Å². The maximum absolute atomic E-state index is 13.8. The van der Waals surface area contributed by atoms with Gasteiger partial charge in [0.2, 0.25) is 5.91 Å². The predicted molar refractivity (Wildman–Crippen MR) is 79.7 cm³/mol. The molecule has 4 rings (SSSR count). The molecule has 1 aliphatic carbocycles. The molecule has 0 saturated heterocycles. The molecule has 0 radical (unpaired) electrons. The van der Waals surface area contributed by atoms with Gasteiger partial charge in [0.15, 0.2) is 0 Å². The molecule has 2 aromatic rings. The van der Waals surface area contributed by atoms with Crippen LogP contribution in [0.3, 0.4) is 0 Å². The molecule has 1 aromatic heterocycles. The minimum atomic E-state index is -0.205. The van der Waals surface area contributed by atoms with E-state index in [0.29, 0.717) is 5.56 Å². The highest BCUT2D eigenvalue weighted by atomic mass is 19.1. The maximum atomic E-state index is 13.8. The van der Waals surface area contributed by atoms with E-state index in [1.54, 1.807) is 18.3 Å². The Labute approximate surface area is 128 Å². The minimum Gasteiger partial charge on any atom is -0.351 e. The summed E-state index contributed by atoms with van der Waals surface area (Å²) in [7, 11) is 0. The smallest absolute Gasteiger partial charge is 0.224 e. The number of carbonyl (C=O) groups excluding carboxylic acids is 1. The summed E-state index contributed by atoms with van der Waals surface area (Å²) in [6.07, 6.45) is 6.30. The molecular weight excluding hydrogens is 281 g/mol. The van der Waals surface area contributed by atoms with Crippen molar-refractivity contribution < 1.29 is 9.18 Å². The summed E-state index contributed by atoms with van der Waals surface area (Å²) in [5.74, 6) is 0.890. The van der Waals surface area contributed by atoms with Gasteiger partial charge in [-0.3, -0.25) is 4.79 Å². The van der Waals surface area contributed by atoms with Gasteiger partial charge in [-0.2, -0.15) is 0 Å². The van der Waals surface area contributed by atoms with Crippen LogP contribution in [0.5, 0.6) is 0 Å². The molecular formula is C17H18FN3O. The fourth-order valence-electron chi connectivity index (χ4n) is 3.40. The molecule has 1 aromatic carbocycles. The number of halogens is 1. The van der Waals surface area contributed by atoms with Crippen LogP contribution in [0, 0.1) is 11.7 Å². The second-order valence-electron chi connectivity index (χ2n) is 6.21. The standard InChI is InChI=1S/C17H18FN3O/c18-15-4-2-1-3-12(15)13-9-14(13)17(22)20-11-5-6-16-19-7-8-21(16)10-11/h1-4,7-8,11,13-14H,5-6,9-10H2,(H,20,22)/t11-,13+,14-/m1/s1. The van der Waals surface area contributed by atoms with Crippen LogP contribution >= 0.6 is 0 Å². The highest BCUT2D eigenvalue weighted by Crippen LogP contribution is 2.48. The van der Waals surface area contributed by atoms with Gasteiger partial charge in [-0.25, -0.2) is 9.37 Å². The van der Waals surface area contributed by atoms with Gasteiger partial charge in [0, 0.05) is 37.3 Å². The van der Waals surface area contributed by atoms with Gasteiger partial charge in [-0.1, -0.05) is 18.2 Å². The summed E-state index contributed by atoms with van der Waals surface area (Å²) in [6.45, 7) is 0.776. The van der Waals surface area contributed by atoms with Gasteiger partial charge in [0.25, 0.3) is 0 Å². The van der Waals surface area contributed by atoms with Gasteiger partial charge in [-0.05, 0) is 30.4 Å². The molecule has 2 aliphatic rings. The number of aromatic nitrogens is 2. The Bertz CT molecular complexity index is 711. The van der Waals surface area contributed by atoms with Crippen molar-refractivity contribution in [3.05, 3.63) is 53.9 Å². The summed E-state index contributed by atoms with van der Waals surface area (Å²) in [4.78, 5) is 16.6. The van der Waals surface area contributed by atoms with Crippen molar-refractivity contribution in [2.45, 2.75) is 37.8 Å². The van der Waals surface area contributed by atoms with Gasteiger partial charge < -0.3 is 9.88 Å². The van der Waals surface area contributed by atoms with Gasteiger partial charge >= 0.3 is 0 Å². The summed E-state index contributed by atoms with van der Waals surface area (Å²) >= 11 is 0. The van der Waals surface area contributed by atoms with Crippen LogP contribution < -0.4 is 5.32 Å². The number of carbonyl (C=O) groups is 1. The molecule has 5 heteroatoms. The van der Waals surface area contributed by atoms with E-state index >= 15 is 0 Å². The molecule has 2 heterocycles. The van der Waals surface area contributed by atoms with Crippen LogP contribution in [-0.2, 0) is 17.8 Å². The first-order valence-corrected chi connectivity index (χ1v) is 7.77. The van der Waals surface area contributed by atoms with Gasteiger partial charge in [0.1, 0.15) is 11.6 Å². The van der Waals surface area contributed by atoms with Crippen molar-refractivity contribution in [2.75, 3.05) is 0 Å². The number of hydrogen-bond donors (Lipinski definition) is 1. The lowest BCUT2D eigenvalue weighted by Crippen LogP contribution is -2.41. The van der Waals surface area contributed by atoms with Gasteiger partial charge in [-0.15, -0.1) is 0 Å². The Morgan fingerprint density at radius 3 is 3.09 bits per heavy atom. The number of nitrogens with zero attached hydrogens (tertiary/aromatic N) is 2. The maximum Gasteiger partial charge on any atom is 0.224 e. The van der Waals surface area contributed by atoms with Crippen LogP contribution in [0.2, 0.25) is 0 Å². The van der Waals surface area contributed by atoms with Crippen molar-refractivity contribution in [2.24, 2.45) is 5.92 Å². The zero-order chi connectivity index (χ0) is 15.1. The summed E-state index contributed by atoms with van der Waals surface area (Å²) < 4.78 is 15.9. The molecule has 1 saturated carbocycles. The SMILES string of the molecule is O=C(N[C@@H]1CCc2nccn2C1)[C@@H]1C[C@H]1c1ccccc1F. The van der Waals surface area contributed by atoms with Crippen molar-refractivity contribution in [3.8, 4) is 0 Å². The number of hydrogen-bond acceptors (Lipinski definition) is 2. The lowest BCUT2D eigenvalue weighted by molar-refractivity contribution is -0.123. The summed E-state index contributed by atoms with van der Waals surface area (Å²) in [5.41, 5.74) is 0.670. The van der Waals surface area contributed by atoms with Crippen molar-refractivity contribution in [3.63, 3.8) is 0 Å². The molecule has 1 amide bonds. The molecule has 3 atom stereocenters. The first-order chi connectivity index (χ1) is 10.7. The fraction of sp³-hybridized carbons (Fsp3) is 0.412. The molecule has 22 heavy (non-hydrogen) atoms. The zero-order valence-corrected chi connectivity index (χ0v) is 12.2. The molecule has 1 aliphatic heterocycles. The Hall–Kier alpha value is -2.17. The van der Waals surface area contributed by atoms with Gasteiger partial charge in [0.05, 0.1) is 0 Å². The quantitative estimate of drug-likeness (QED) is 0.945. The predicted octanol–water partition coefficient (Wildman–Crippen LogP) is 2.26. The number of fused-ring (bicyclic) bond motifs is 1. The number of amides is 1. The van der Waals surface area contributed by atoms with Crippen LogP contribution in [0.15, 0.2) is 36.7 Å². The third-order valence-electron chi connectivity index (χ3n) is 4.71. The van der Waals surface area contributed by atoms with E-state index in [4.69, 9.17) is 0 Å². The largest absolute Gasteiger partial charge is 0.351 e. The van der Waals surface area contributed by atoms with E-state index in [-0.39, 0.29) is 29.6 Å². The number of benzene rings is 1. The lowest BCUT2D eigenvalue weighted by Gasteiger charge is -2.24. The minimum absolute atomic E-state index is 0.0357. The average Bonchev–Trinajstić information content (AvgIpc) is 3.18. The Balaban J connectivity index is 1.38. The first-order valence-electron chi connectivity index (χ1n) is 7.77. The number of imidazole rings is 1. The average molecular weight is 299 g/mol. The topological polar surface area (TPSA) is 46.9 Å². The van der Waals surface area contributed by atoms with Crippen molar-refractivity contribution in [1.29, 1.82) is 0 Å². The van der Waals surface area contributed by atoms with Crippen LogP contribution in [0.4, 0.5) is 4.39 Å². The molecule has 0 spiro atoms. The Kier molecular flexibility index (Phi) is 3.21.